The quantitative estimate of drug-likeness (QED) is 0.600. The van der Waals surface area contributed by atoms with Gasteiger partial charge in [-0.15, -0.1) is 0 Å². The van der Waals surface area contributed by atoms with Gasteiger partial charge in [-0.2, -0.15) is 0 Å². The van der Waals surface area contributed by atoms with E-state index in [2.05, 4.69) is 0 Å². The molecule has 1 aromatic rings. The van der Waals surface area contributed by atoms with Crippen LogP contribution in [-0.2, 0) is 16.1 Å². The van der Waals surface area contributed by atoms with Crippen molar-refractivity contribution >= 4 is 0 Å². The summed E-state index contributed by atoms with van der Waals surface area (Å²) in [5.74, 6) is 0.489. The van der Waals surface area contributed by atoms with Gasteiger partial charge in [0.15, 0.2) is 0 Å². The third-order valence-corrected chi connectivity index (χ3v) is 3.25. The minimum atomic E-state index is -0.255. The Morgan fingerprint density at radius 1 is 1.44 bits per heavy atom. The standard InChI is InChI=1S/C14H20FNO2/c1-17-9-18-8-12-5-4-11(7-13(12)15)14(16)6-10-2-3-10/h4-5,7,10,14H,2-3,6,8-9,16H2,1H3. The SMILES string of the molecule is COCOCc1ccc(C(N)CC2CC2)cc1F. The number of hydrogen-bond donors (Lipinski definition) is 1. The zero-order valence-corrected chi connectivity index (χ0v) is 10.7. The summed E-state index contributed by atoms with van der Waals surface area (Å²) < 4.78 is 23.7. The first-order valence-corrected chi connectivity index (χ1v) is 6.31. The van der Waals surface area contributed by atoms with Crippen molar-refractivity contribution < 1.29 is 13.9 Å². The van der Waals surface area contributed by atoms with Crippen molar-refractivity contribution in [1.82, 2.24) is 0 Å². The molecule has 0 aromatic heterocycles. The van der Waals surface area contributed by atoms with E-state index in [-0.39, 0.29) is 25.3 Å². The Morgan fingerprint density at radius 2 is 2.22 bits per heavy atom. The van der Waals surface area contributed by atoms with Gasteiger partial charge in [0.25, 0.3) is 0 Å². The number of benzene rings is 1. The van der Waals surface area contributed by atoms with Gasteiger partial charge < -0.3 is 15.2 Å². The molecule has 1 saturated carbocycles. The minimum absolute atomic E-state index is 0.0547. The highest BCUT2D eigenvalue weighted by Crippen LogP contribution is 2.36. The van der Waals surface area contributed by atoms with Crippen molar-refractivity contribution in [3.05, 3.63) is 35.1 Å². The normalized spacial score (nSPS) is 16.8. The van der Waals surface area contributed by atoms with Crippen LogP contribution < -0.4 is 5.73 Å². The number of methoxy groups -OCH3 is 1. The van der Waals surface area contributed by atoms with Crippen LogP contribution in [0.1, 0.15) is 36.4 Å². The van der Waals surface area contributed by atoms with E-state index in [1.807, 2.05) is 6.07 Å². The van der Waals surface area contributed by atoms with Crippen LogP contribution in [0, 0.1) is 11.7 Å². The van der Waals surface area contributed by atoms with Gasteiger partial charge in [0.1, 0.15) is 12.6 Å². The van der Waals surface area contributed by atoms with Crippen LogP contribution in [-0.4, -0.2) is 13.9 Å². The molecule has 1 atom stereocenters. The van der Waals surface area contributed by atoms with E-state index >= 15 is 0 Å². The molecule has 0 radical (unpaired) electrons. The highest BCUT2D eigenvalue weighted by molar-refractivity contribution is 5.26. The Labute approximate surface area is 107 Å². The number of rotatable bonds is 7. The van der Waals surface area contributed by atoms with Crippen LogP contribution in [0.2, 0.25) is 0 Å². The predicted octanol–water partition coefficient (Wildman–Crippen LogP) is 2.75. The van der Waals surface area contributed by atoms with Gasteiger partial charge in [-0.05, 0) is 24.0 Å². The first-order chi connectivity index (χ1) is 8.70. The third-order valence-electron chi connectivity index (χ3n) is 3.25. The number of halogens is 1. The Balaban J connectivity index is 1.94. The van der Waals surface area contributed by atoms with E-state index in [9.17, 15) is 4.39 Å². The van der Waals surface area contributed by atoms with E-state index in [0.717, 1.165) is 17.9 Å². The van der Waals surface area contributed by atoms with Crippen molar-refractivity contribution in [2.75, 3.05) is 13.9 Å². The maximum absolute atomic E-state index is 13.8. The summed E-state index contributed by atoms with van der Waals surface area (Å²) in [6.07, 6.45) is 3.48. The molecule has 2 N–H and O–H groups in total. The fraction of sp³-hybridized carbons (Fsp3) is 0.571. The summed E-state index contributed by atoms with van der Waals surface area (Å²) in [4.78, 5) is 0. The van der Waals surface area contributed by atoms with Gasteiger partial charge >= 0.3 is 0 Å². The molecule has 0 bridgehead atoms. The van der Waals surface area contributed by atoms with E-state index in [1.54, 1.807) is 6.07 Å². The summed E-state index contributed by atoms with van der Waals surface area (Å²) >= 11 is 0. The van der Waals surface area contributed by atoms with Crippen molar-refractivity contribution in [3.8, 4) is 0 Å². The lowest BCUT2D eigenvalue weighted by atomic mass is 10.0. The van der Waals surface area contributed by atoms with E-state index in [0.29, 0.717) is 5.56 Å². The second kappa shape index (κ2) is 6.27. The molecule has 0 amide bonds. The van der Waals surface area contributed by atoms with E-state index < -0.39 is 0 Å². The number of ether oxygens (including phenoxy) is 2. The summed E-state index contributed by atoms with van der Waals surface area (Å²) in [6, 6.07) is 5.11. The lowest BCUT2D eigenvalue weighted by molar-refractivity contribution is -0.0398. The van der Waals surface area contributed by atoms with Gasteiger partial charge in [-0.3, -0.25) is 0 Å². The Kier molecular flexibility index (Phi) is 4.69. The second-order valence-corrected chi connectivity index (χ2v) is 4.89. The molecule has 0 aliphatic heterocycles. The van der Waals surface area contributed by atoms with Gasteiger partial charge in [0.2, 0.25) is 0 Å². The Bertz CT molecular complexity index is 393. The number of hydrogen-bond acceptors (Lipinski definition) is 3. The summed E-state index contributed by atoms with van der Waals surface area (Å²) in [6.45, 7) is 0.389. The molecule has 1 aliphatic carbocycles. The van der Waals surface area contributed by atoms with Gasteiger partial charge in [0, 0.05) is 18.7 Å². The predicted molar refractivity (Wildman–Crippen MR) is 67.3 cm³/mol. The molecule has 0 saturated heterocycles. The lowest BCUT2D eigenvalue weighted by Crippen LogP contribution is -2.11. The highest BCUT2D eigenvalue weighted by Gasteiger charge is 2.24. The van der Waals surface area contributed by atoms with Crippen LogP contribution in [0.25, 0.3) is 0 Å². The molecule has 4 heteroatoms. The molecule has 18 heavy (non-hydrogen) atoms. The molecule has 0 spiro atoms. The van der Waals surface area contributed by atoms with Crippen molar-refractivity contribution in [2.24, 2.45) is 11.7 Å². The van der Waals surface area contributed by atoms with Gasteiger partial charge in [-0.25, -0.2) is 4.39 Å². The molecule has 100 valence electrons. The van der Waals surface area contributed by atoms with Crippen molar-refractivity contribution in [2.45, 2.75) is 31.9 Å². The summed E-state index contributed by atoms with van der Waals surface area (Å²) in [7, 11) is 1.54. The molecule has 1 fully saturated rings. The Hall–Kier alpha value is -0.970. The largest absolute Gasteiger partial charge is 0.359 e. The summed E-state index contributed by atoms with van der Waals surface area (Å²) in [5.41, 5.74) is 7.47. The molecular weight excluding hydrogens is 233 g/mol. The highest BCUT2D eigenvalue weighted by atomic mass is 19.1. The molecule has 3 nitrogen and oxygen atoms in total. The minimum Gasteiger partial charge on any atom is -0.359 e. The molecule has 1 unspecified atom stereocenters. The summed E-state index contributed by atoms with van der Waals surface area (Å²) in [5, 5.41) is 0. The van der Waals surface area contributed by atoms with Gasteiger partial charge in [-0.1, -0.05) is 25.0 Å². The Morgan fingerprint density at radius 3 is 2.83 bits per heavy atom. The first-order valence-electron chi connectivity index (χ1n) is 6.31. The van der Waals surface area contributed by atoms with Crippen molar-refractivity contribution in [3.63, 3.8) is 0 Å². The molecule has 2 rings (SSSR count). The maximum atomic E-state index is 13.8. The zero-order valence-electron chi connectivity index (χ0n) is 10.7. The van der Waals surface area contributed by atoms with Gasteiger partial charge in [0.05, 0.1) is 6.61 Å². The van der Waals surface area contributed by atoms with E-state index in [1.165, 1.54) is 26.0 Å². The van der Waals surface area contributed by atoms with Crippen LogP contribution >= 0.6 is 0 Å². The first kappa shape index (κ1) is 13.5. The molecule has 0 heterocycles. The molecule has 1 aliphatic rings. The van der Waals surface area contributed by atoms with Crippen LogP contribution in [0.15, 0.2) is 18.2 Å². The third kappa shape index (κ3) is 3.77. The van der Waals surface area contributed by atoms with Crippen LogP contribution in [0.5, 0.6) is 0 Å². The van der Waals surface area contributed by atoms with E-state index in [4.69, 9.17) is 15.2 Å². The molecular formula is C14H20FNO2. The van der Waals surface area contributed by atoms with Crippen LogP contribution in [0.3, 0.4) is 0 Å². The number of nitrogens with two attached hydrogens (primary N) is 1. The maximum Gasteiger partial charge on any atom is 0.146 e. The smallest absolute Gasteiger partial charge is 0.146 e. The fourth-order valence-electron chi connectivity index (χ4n) is 1.99. The average molecular weight is 253 g/mol. The average Bonchev–Trinajstić information content (AvgIpc) is 3.15. The molecule has 1 aromatic carbocycles. The second-order valence-electron chi connectivity index (χ2n) is 4.89. The monoisotopic (exact) mass is 253 g/mol. The van der Waals surface area contributed by atoms with Crippen LogP contribution in [0.4, 0.5) is 4.39 Å². The zero-order chi connectivity index (χ0) is 13.0. The lowest BCUT2D eigenvalue weighted by Gasteiger charge is -2.13. The van der Waals surface area contributed by atoms with Crippen molar-refractivity contribution in [1.29, 1.82) is 0 Å². The fourth-order valence-corrected chi connectivity index (χ4v) is 1.99. The topological polar surface area (TPSA) is 44.5 Å².